The topological polar surface area (TPSA) is 659 Å². The van der Waals surface area contributed by atoms with Crippen LogP contribution in [0, 0.1) is 11.8 Å². The van der Waals surface area contributed by atoms with Crippen LogP contribution in [0.2, 0.25) is 0 Å². The van der Waals surface area contributed by atoms with Gasteiger partial charge in [-0.25, -0.2) is 43.6 Å². The van der Waals surface area contributed by atoms with Crippen molar-refractivity contribution in [2.45, 2.75) is 125 Å². The summed E-state index contributed by atoms with van der Waals surface area (Å²) in [6.07, 6.45) is 3.81. The minimum atomic E-state index is -3.74. The van der Waals surface area contributed by atoms with E-state index in [9.17, 15) is 91.8 Å². The molecular weight excluding hydrogens is 1560 g/mol. The second-order valence-corrected chi connectivity index (χ2v) is 32.9. The lowest BCUT2D eigenvalue weighted by atomic mass is 9.79. The first-order valence-corrected chi connectivity index (χ1v) is 39.0. The molecule has 11 heterocycles. The normalized spacial score (nSPS) is 24.1. The molecule has 4 unspecified atom stereocenters. The number of amides is 7. The van der Waals surface area contributed by atoms with Gasteiger partial charge in [-0.15, -0.1) is 56.0 Å². The van der Waals surface area contributed by atoms with Gasteiger partial charge in [0.1, 0.15) is 40.3 Å². The summed E-state index contributed by atoms with van der Waals surface area (Å²) in [4.78, 5) is 158. The zero-order valence-corrected chi connectivity index (χ0v) is 63.8. The van der Waals surface area contributed by atoms with Crippen molar-refractivity contribution in [1.29, 1.82) is 0 Å². The van der Waals surface area contributed by atoms with E-state index in [1.54, 1.807) is 47.7 Å². The van der Waals surface area contributed by atoms with Crippen LogP contribution in [0.4, 0.5) is 21.4 Å². The molecule has 0 aromatic carbocycles. The third kappa shape index (κ3) is 18.6. The van der Waals surface area contributed by atoms with Gasteiger partial charge in [0.25, 0.3) is 33.8 Å². The number of hydrogen-bond acceptors (Lipinski definition) is 32. The second kappa shape index (κ2) is 34.1. The number of fused-ring (bicyclic) bond motifs is 3. The van der Waals surface area contributed by atoms with Crippen LogP contribution in [-0.2, 0) is 88.0 Å². The van der Waals surface area contributed by atoms with Crippen LogP contribution in [0.5, 0.6) is 0 Å². The molecule has 0 bridgehead atoms. The van der Waals surface area contributed by atoms with Crippen molar-refractivity contribution in [3.63, 3.8) is 0 Å². The smallest absolute Gasteiger partial charge is 0.353 e. The maximum Gasteiger partial charge on any atom is 0.353 e. The van der Waals surface area contributed by atoms with Crippen molar-refractivity contribution in [2.75, 3.05) is 54.5 Å². The van der Waals surface area contributed by atoms with E-state index in [2.05, 4.69) is 51.0 Å². The molecule has 8 aliphatic heterocycles. The Bertz CT molecular complexity index is 4490. The number of anilines is 3. The van der Waals surface area contributed by atoms with Gasteiger partial charge >= 0.3 is 23.9 Å². The first kappa shape index (κ1) is 83.3. The van der Waals surface area contributed by atoms with Crippen LogP contribution in [0.3, 0.4) is 0 Å². The number of carbonyl (C=O) groups excluding carboxylic acids is 8. The van der Waals surface area contributed by atoms with E-state index in [0.29, 0.717) is 34.8 Å². The summed E-state index contributed by atoms with van der Waals surface area (Å²) < 4.78 is 31.9. The van der Waals surface area contributed by atoms with Gasteiger partial charge in [-0.2, -0.15) is 13.1 Å². The molecule has 0 radical (unpaired) electrons. The van der Waals surface area contributed by atoms with Crippen molar-refractivity contribution < 1.29 is 116 Å². The molecule has 0 saturated carbocycles. The summed E-state index contributed by atoms with van der Waals surface area (Å²) in [5, 5.41) is 87.2. The fourth-order valence-electron chi connectivity index (χ4n) is 12.0. The van der Waals surface area contributed by atoms with Crippen LogP contribution in [0.25, 0.3) is 0 Å². The Labute approximate surface area is 640 Å². The number of quaternary nitrogens is 1. The third-order valence-corrected chi connectivity index (χ3v) is 23.9. The minimum absolute atomic E-state index is 0.0190. The summed E-state index contributed by atoms with van der Waals surface area (Å²) in [7, 11) is -2.14. The number of rotatable bonds is 28. The molecule has 590 valence electrons. The number of aliphatic hydroxyl groups is 1. The number of carboxylic acid groups (broad SMARTS) is 5. The lowest BCUT2D eigenvalue weighted by Gasteiger charge is -2.50. The molecule has 8 aliphatic rings. The summed E-state index contributed by atoms with van der Waals surface area (Å²) >= 11 is 5.87. The first-order chi connectivity index (χ1) is 51.2. The average Bonchev–Trinajstić information content (AvgIpc) is 1.62. The number of β-lactam (4-membered cyclic amide) rings is 3. The van der Waals surface area contributed by atoms with Gasteiger partial charge in [0.2, 0.25) is 23.3 Å². The number of aliphatic imine (C=N–C) groups is 1. The highest BCUT2D eigenvalue weighted by molar-refractivity contribution is 8.12. The Morgan fingerprint density at radius 3 is 1.94 bits per heavy atom. The number of nitrogens with one attached hydrogen (secondary N) is 6. The molecule has 0 aliphatic carbocycles. The SMILES string of the molecule is CC(C)(O/N=C(\C(=O)N[C@@H]1C(=O)N2C(C(=O)[O-])=C(C[n+]3ccccc3)CS[C@H]12)c1csc(N)n1)C(=O)O.C[C@H]1C(SC2C[NH2+][C@H](CNS(N)(=O)=O)C2)=C(C(=O)O)N2C(=O)[C@H]([C@@H](C)O)C12.Cn1c(N)c(NC(=O)NCCN)c[n+]1CC1=C(C(=O)[O-])N2C(=O)[C@@H](NC(=O)/C(=N\OC(C)(C)C(=O)O)C3N=C(N)SN3)C2SC1. The molecular formula is C60H79N22O21S6+. The predicted molar refractivity (Wildman–Crippen MR) is 386 cm³/mol. The quantitative estimate of drug-likeness (QED) is 0.0106. The van der Waals surface area contributed by atoms with Gasteiger partial charge < -0.3 is 99.0 Å². The number of carboxylic acids is 5. The van der Waals surface area contributed by atoms with Crippen molar-refractivity contribution in [3.8, 4) is 0 Å². The fourth-order valence-corrected chi connectivity index (χ4v) is 17.8. The molecule has 109 heavy (non-hydrogen) atoms. The molecule has 3 aromatic rings. The molecule has 7 amide bonds. The summed E-state index contributed by atoms with van der Waals surface area (Å²) in [5.41, 5.74) is 19.1. The average molecular weight is 1640 g/mol. The predicted octanol–water partition coefficient (Wildman–Crippen LogP) is -8.42. The first-order valence-electron chi connectivity index (χ1n) is 32.8. The van der Waals surface area contributed by atoms with Crippen LogP contribution >= 0.6 is 58.6 Å². The minimum Gasteiger partial charge on any atom is -0.543 e. The number of thioether (sulfide) groups is 3. The van der Waals surface area contributed by atoms with E-state index in [0.717, 1.165) is 33.1 Å². The maximum absolute atomic E-state index is 13.3. The zero-order chi connectivity index (χ0) is 80.2. The Balaban J connectivity index is 0.000000194. The number of nitrogens with zero attached hydrogens (tertiary/aromatic N) is 10. The van der Waals surface area contributed by atoms with Crippen molar-refractivity contribution in [2.24, 2.45) is 50.8 Å². The fraction of sp³-hybridized carbons (Fsp3) is 0.483. The summed E-state index contributed by atoms with van der Waals surface area (Å²) in [5.74, 6) is -10.5. The number of hydrogen-bond donors (Lipinski definition) is 16. The molecule has 11 rings (SSSR count). The van der Waals surface area contributed by atoms with Crippen molar-refractivity contribution in [3.05, 3.63) is 81.0 Å². The molecule has 4 saturated heterocycles. The lowest BCUT2D eigenvalue weighted by Crippen LogP contribution is -2.88. The molecule has 11 atom stereocenters. The van der Waals surface area contributed by atoms with Crippen LogP contribution in [0.15, 0.2) is 90.6 Å². The monoisotopic (exact) mass is 1640 g/mol. The molecule has 3 aromatic heterocycles. The number of aliphatic carboxylic acids is 5. The maximum atomic E-state index is 13.3. The number of nitrogens with two attached hydrogens (primary N) is 6. The molecule has 0 spiro atoms. The number of aromatic nitrogens is 4. The number of aliphatic hydroxyl groups excluding tert-OH is 1. The Hall–Kier alpha value is -9.70. The van der Waals surface area contributed by atoms with Gasteiger partial charge in [-0.05, 0) is 46.6 Å². The highest BCUT2D eigenvalue weighted by Crippen LogP contribution is 2.52. The highest BCUT2D eigenvalue weighted by Gasteiger charge is 2.61. The van der Waals surface area contributed by atoms with Crippen LogP contribution in [0.1, 0.15) is 53.7 Å². The highest BCUT2D eigenvalue weighted by atomic mass is 32.2. The van der Waals surface area contributed by atoms with E-state index in [1.807, 2.05) is 18.3 Å². The molecule has 4 fully saturated rings. The van der Waals surface area contributed by atoms with Crippen LogP contribution in [-0.4, -0.2) is 237 Å². The summed E-state index contributed by atoms with van der Waals surface area (Å²) in [6.45, 7) is 10.0. The third-order valence-electron chi connectivity index (χ3n) is 17.7. The van der Waals surface area contributed by atoms with E-state index >= 15 is 0 Å². The lowest BCUT2D eigenvalue weighted by molar-refractivity contribution is -0.765. The number of nitrogen functional groups attached to an aromatic ring is 2. The Morgan fingerprint density at radius 2 is 1.43 bits per heavy atom. The Kier molecular flexibility index (Phi) is 26.0. The van der Waals surface area contributed by atoms with E-state index in [4.69, 9.17) is 37.7 Å². The number of oxime groups is 2. The summed E-state index contributed by atoms with van der Waals surface area (Å²) in [6, 6.07) is 2.38. The Morgan fingerprint density at radius 1 is 0.853 bits per heavy atom. The number of carbonyl (C=O) groups is 11. The second-order valence-electron chi connectivity index (χ2n) is 26.2. The zero-order valence-electron chi connectivity index (χ0n) is 58.9. The van der Waals surface area contributed by atoms with Gasteiger partial charge in [-0.3, -0.25) is 39.1 Å². The van der Waals surface area contributed by atoms with E-state index in [-0.39, 0.29) is 118 Å². The van der Waals surface area contributed by atoms with Gasteiger partial charge in [0.05, 0.1) is 66.8 Å². The molecule has 43 nitrogen and oxygen atoms in total. The standard InChI is InChI=1S/C23H32N12O8S2.C22H22N6O7S2.C15H24N4O6S2/c1-23(2,20(40)41)43-31-11(15-30-21(26)45-32-15)16(36)29-12-17(37)35-13(19(38)39)9(8-44-18(12)35)6-34-7-10(14(25)33(34)3)28-22(42)27-5-4-24;1-22(2,20(33)34)35-26-13(12-10-37-21(23)24-12)16(29)25-14-17(30)28-15(19(31)32)11(9-36-18(14)28)8-27-6-4-3-5-7-27;1-6-11-10(7(2)20)14(21)19(11)12(15(22)23)13(6)26-9-3-8(17-5-9)4-18-27(16,24)25/h7,12,15,18,25,32H,4-6,8,24H2,1-3H3,(H7,26,27,28,29,30,36,38,39,40,41,42);3-7,10,14,18H,8-9H2,1-2H3,(H4-,23,24,25,29,31,32,33,34);6-11,17-18,20H,3-5H2,1-2H3,(H,22,23)(H2,16,24,25)/p+1/b31-11-;26-13-;/t12-,15?,18?;14-,18-;6-,7-,8+,9?,10-,11?/m111/s1. The number of pyridine rings is 1. The number of amidine groups is 1. The number of urea groups is 1. The number of thiazole rings is 1. The van der Waals surface area contributed by atoms with Gasteiger partial charge in [0, 0.05) is 70.5 Å². The van der Waals surface area contributed by atoms with Crippen molar-refractivity contribution >= 4 is 167 Å². The van der Waals surface area contributed by atoms with Gasteiger partial charge in [-0.1, -0.05) is 23.3 Å². The molecule has 22 N–H and O–H groups in total. The van der Waals surface area contributed by atoms with Gasteiger partial charge in [0.15, 0.2) is 64.9 Å². The van der Waals surface area contributed by atoms with Crippen LogP contribution < -0.4 is 83.6 Å². The van der Waals surface area contributed by atoms with E-state index < -0.39 is 128 Å². The molecule has 49 heteroatoms. The van der Waals surface area contributed by atoms with E-state index in [1.165, 1.54) is 84.1 Å². The largest absolute Gasteiger partial charge is 0.543 e. The van der Waals surface area contributed by atoms with Crippen molar-refractivity contribution in [1.82, 2.24) is 49.8 Å².